The normalized spacial score (nSPS) is 22.4. The van der Waals surface area contributed by atoms with Gasteiger partial charge in [0.15, 0.2) is 5.13 Å². The van der Waals surface area contributed by atoms with Crippen molar-refractivity contribution in [3.05, 3.63) is 11.1 Å². The number of nitrogens with zero attached hydrogens (tertiary/aromatic N) is 3. The van der Waals surface area contributed by atoms with Crippen LogP contribution in [-0.2, 0) is 0 Å². The zero-order chi connectivity index (χ0) is 11.7. The van der Waals surface area contributed by atoms with Crippen LogP contribution in [0, 0.1) is 0 Å². The molecule has 2 rings (SSSR count). The maximum Gasteiger partial charge on any atom is 0.347 e. The molecule has 1 atom stereocenters. The van der Waals surface area contributed by atoms with Gasteiger partial charge in [-0.05, 0) is 14.0 Å². The third-order valence-electron chi connectivity index (χ3n) is 2.93. The molecule has 0 aromatic carbocycles. The number of piperazine rings is 1. The average Bonchev–Trinajstić information content (AvgIpc) is 2.71. The van der Waals surface area contributed by atoms with Crippen molar-refractivity contribution >= 4 is 22.4 Å². The Hall–Kier alpha value is -1.14. The van der Waals surface area contributed by atoms with Gasteiger partial charge in [0.2, 0.25) is 0 Å². The number of rotatable bonds is 2. The van der Waals surface area contributed by atoms with Crippen LogP contribution in [-0.4, -0.2) is 53.7 Å². The Bertz CT molecular complexity index is 393. The third kappa shape index (κ3) is 2.17. The van der Waals surface area contributed by atoms with Gasteiger partial charge in [0.25, 0.3) is 0 Å². The molecule has 5 nitrogen and oxygen atoms in total. The molecular weight excluding hydrogens is 226 g/mol. The van der Waals surface area contributed by atoms with Gasteiger partial charge in [-0.2, -0.15) is 0 Å². The van der Waals surface area contributed by atoms with E-state index in [0.29, 0.717) is 10.9 Å². The van der Waals surface area contributed by atoms with Gasteiger partial charge in [-0.25, -0.2) is 9.78 Å². The van der Waals surface area contributed by atoms with E-state index in [-0.39, 0.29) is 0 Å². The lowest BCUT2D eigenvalue weighted by atomic mass is 10.2. The molecule has 16 heavy (non-hydrogen) atoms. The monoisotopic (exact) mass is 241 g/mol. The first-order chi connectivity index (χ1) is 7.58. The number of hydrogen-bond acceptors (Lipinski definition) is 5. The second-order valence-electron chi connectivity index (χ2n) is 4.09. The van der Waals surface area contributed by atoms with Crippen LogP contribution in [0.2, 0.25) is 0 Å². The molecule has 0 saturated carbocycles. The Morgan fingerprint density at radius 2 is 2.38 bits per heavy atom. The molecule has 1 aromatic heterocycles. The van der Waals surface area contributed by atoms with Crippen LogP contribution in [0.25, 0.3) is 0 Å². The number of hydrogen-bond donors (Lipinski definition) is 1. The van der Waals surface area contributed by atoms with Crippen LogP contribution < -0.4 is 4.90 Å². The first kappa shape index (κ1) is 11.3. The highest BCUT2D eigenvalue weighted by atomic mass is 32.1. The summed E-state index contributed by atoms with van der Waals surface area (Å²) in [6, 6.07) is 0.478. The average molecular weight is 241 g/mol. The number of carbonyl (C=O) groups is 1. The van der Waals surface area contributed by atoms with Gasteiger partial charge in [0.05, 0.1) is 6.20 Å². The number of carboxylic acid groups (broad SMARTS) is 1. The van der Waals surface area contributed by atoms with Crippen LogP contribution in [0.4, 0.5) is 5.13 Å². The molecule has 0 aliphatic carbocycles. The summed E-state index contributed by atoms with van der Waals surface area (Å²) in [4.78, 5) is 19.7. The topological polar surface area (TPSA) is 56.7 Å². The minimum absolute atomic E-state index is 0.307. The van der Waals surface area contributed by atoms with Gasteiger partial charge in [0.1, 0.15) is 4.88 Å². The SMILES string of the molecule is CC1CN(c2ncc(C(=O)O)s2)CCN1C. The first-order valence-electron chi connectivity index (χ1n) is 5.22. The van der Waals surface area contributed by atoms with Crippen LogP contribution >= 0.6 is 11.3 Å². The molecule has 0 spiro atoms. The van der Waals surface area contributed by atoms with Crippen molar-refractivity contribution in [2.45, 2.75) is 13.0 Å². The lowest BCUT2D eigenvalue weighted by Crippen LogP contribution is -2.50. The van der Waals surface area contributed by atoms with Crippen molar-refractivity contribution < 1.29 is 9.90 Å². The zero-order valence-electron chi connectivity index (χ0n) is 9.38. The highest BCUT2D eigenvalue weighted by molar-refractivity contribution is 7.17. The van der Waals surface area contributed by atoms with Crippen LogP contribution in [0.15, 0.2) is 6.20 Å². The van der Waals surface area contributed by atoms with Crippen LogP contribution in [0.3, 0.4) is 0 Å². The van der Waals surface area contributed by atoms with Crippen molar-refractivity contribution in [1.29, 1.82) is 0 Å². The fraction of sp³-hybridized carbons (Fsp3) is 0.600. The maximum atomic E-state index is 10.8. The minimum Gasteiger partial charge on any atom is -0.477 e. The maximum absolute atomic E-state index is 10.8. The molecule has 1 aromatic rings. The second kappa shape index (κ2) is 4.39. The standard InChI is InChI=1S/C10H15N3O2S/c1-7-6-13(4-3-12(7)2)10-11-5-8(16-10)9(14)15/h5,7H,3-4,6H2,1-2H3,(H,14,15). The summed E-state index contributed by atoms with van der Waals surface area (Å²) >= 11 is 1.25. The van der Waals surface area contributed by atoms with Gasteiger partial charge in [-0.3, -0.25) is 0 Å². The molecule has 1 aliphatic rings. The molecule has 0 radical (unpaired) electrons. The summed E-state index contributed by atoms with van der Waals surface area (Å²) in [6.45, 7) is 4.97. The van der Waals surface area contributed by atoms with Crippen LogP contribution in [0.5, 0.6) is 0 Å². The fourth-order valence-corrected chi connectivity index (χ4v) is 2.52. The molecule has 2 heterocycles. The lowest BCUT2D eigenvalue weighted by Gasteiger charge is -2.37. The van der Waals surface area contributed by atoms with Crippen molar-refractivity contribution in [3.63, 3.8) is 0 Å². The molecule has 1 fully saturated rings. The molecule has 1 unspecified atom stereocenters. The first-order valence-corrected chi connectivity index (χ1v) is 6.04. The van der Waals surface area contributed by atoms with Crippen molar-refractivity contribution in [1.82, 2.24) is 9.88 Å². The summed E-state index contributed by atoms with van der Waals surface area (Å²) < 4.78 is 0. The van der Waals surface area contributed by atoms with E-state index in [9.17, 15) is 4.79 Å². The Morgan fingerprint density at radius 3 is 2.94 bits per heavy atom. The van der Waals surface area contributed by atoms with E-state index >= 15 is 0 Å². The van der Waals surface area contributed by atoms with Crippen molar-refractivity contribution in [3.8, 4) is 0 Å². The number of likely N-dealkylation sites (N-methyl/N-ethyl adjacent to an activating group) is 1. The summed E-state index contributed by atoms with van der Waals surface area (Å²) in [6.07, 6.45) is 1.44. The van der Waals surface area contributed by atoms with E-state index in [1.54, 1.807) is 0 Å². The molecule has 0 amide bonds. The van der Waals surface area contributed by atoms with Crippen molar-refractivity contribution in [2.75, 3.05) is 31.6 Å². The van der Waals surface area contributed by atoms with E-state index in [2.05, 4.69) is 28.8 Å². The summed E-state index contributed by atoms with van der Waals surface area (Å²) in [5.41, 5.74) is 0. The molecular formula is C10H15N3O2S. The predicted octanol–water partition coefficient (Wildman–Crippen LogP) is 0.982. The third-order valence-corrected chi connectivity index (χ3v) is 3.98. The quantitative estimate of drug-likeness (QED) is 0.836. The van der Waals surface area contributed by atoms with E-state index in [0.717, 1.165) is 24.8 Å². The Kier molecular flexibility index (Phi) is 3.11. The Balaban J connectivity index is 2.09. The predicted molar refractivity (Wildman–Crippen MR) is 63.4 cm³/mol. The summed E-state index contributed by atoms with van der Waals surface area (Å²) in [5.74, 6) is -0.897. The highest BCUT2D eigenvalue weighted by Gasteiger charge is 2.23. The van der Waals surface area contributed by atoms with E-state index < -0.39 is 5.97 Å². The largest absolute Gasteiger partial charge is 0.477 e. The van der Waals surface area contributed by atoms with E-state index in [1.807, 2.05) is 0 Å². The number of aromatic nitrogens is 1. The lowest BCUT2D eigenvalue weighted by molar-refractivity contribution is 0.0702. The minimum atomic E-state index is -0.897. The molecule has 88 valence electrons. The molecule has 1 aliphatic heterocycles. The van der Waals surface area contributed by atoms with E-state index in [4.69, 9.17) is 5.11 Å². The zero-order valence-corrected chi connectivity index (χ0v) is 10.2. The highest BCUT2D eigenvalue weighted by Crippen LogP contribution is 2.24. The van der Waals surface area contributed by atoms with Crippen molar-refractivity contribution in [2.24, 2.45) is 0 Å². The molecule has 0 bridgehead atoms. The van der Waals surface area contributed by atoms with Gasteiger partial charge in [-0.1, -0.05) is 11.3 Å². The summed E-state index contributed by atoms with van der Waals surface area (Å²) in [5, 5.41) is 9.65. The Morgan fingerprint density at radius 1 is 1.62 bits per heavy atom. The number of carboxylic acids is 1. The van der Waals surface area contributed by atoms with Gasteiger partial charge in [0, 0.05) is 25.7 Å². The number of thiazole rings is 1. The Labute approximate surface area is 98.3 Å². The van der Waals surface area contributed by atoms with Gasteiger partial charge in [-0.15, -0.1) is 0 Å². The van der Waals surface area contributed by atoms with Crippen LogP contribution in [0.1, 0.15) is 16.6 Å². The smallest absolute Gasteiger partial charge is 0.347 e. The number of anilines is 1. The second-order valence-corrected chi connectivity index (χ2v) is 5.10. The number of aromatic carboxylic acids is 1. The van der Waals surface area contributed by atoms with Gasteiger partial charge >= 0.3 is 5.97 Å². The van der Waals surface area contributed by atoms with E-state index in [1.165, 1.54) is 17.5 Å². The van der Waals surface area contributed by atoms with Gasteiger partial charge < -0.3 is 14.9 Å². The molecule has 1 N–H and O–H groups in total. The molecule has 6 heteroatoms. The fourth-order valence-electron chi connectivity index (χ4n) is 1.73. The summed E-state index contributed by atoms with van der Waals surface area (Å²) in [7, 11) is 2.10. The molecule has 1 saturated heterocycles.